The molecule has 0 aromatic heterocycles. The first-order valence-electron chi connectivity index (χ1n) is 10.5. The zero-order chi connectivity index (χ0) is 19.4. The van der Waals surface area contributed by atoms with Gasteiger partial charge in [0, 0.05) is 11.8 Å². The lowest BCUT2D eigenvalue weighted by Crippen LogP contribution is -2.55. The molecule has 3 fully saturated rings. The molecule has 1 unspecified atom stereocenters. The molecule has 3 saturated carbocycles. The van der Waals surface area contributed by atoms with Crippen molar-refractivity contribution in [2.45, 2.75) is 71.3 Å². The number of carbonyl (C=O) groups is 2. The zero-order valence-corrected chi connectivity index (χ0v) is 16.4. The quantitative estimate of drug-likeness (QED) is 0.469. The molecule has 0 bridgehead atoms. The molecule has 0 amide bonds. The van der Waals surface area contributed by atoms with Gasteiger partial charge in [-0.25, -0.2) is 0 Å². The first-order chi connectivity index (χ1) is 12.8. The molecule has 0 aromatic carbocycles. The molecule has 7 atom stereocenters. The van der Waals surface area contributed by atoms with E-state index < -0.39 is 11.5 Å². The summed E-state index contributed by atoms with van der Waals surface area (Å²) >= 11 is 0. The number of ketones is 2. The Hall–Kier alpha value is -1.58. The summed E-state index contributed by atoms with van der Waals surface area (Å²) in [4.78, 5) is 28.1. The topological polar surface area (TPSA) is 90.8 Å². The largest absolute Gasteiger partial charge is 0.393 e. The standard InChI is InChI=1S/C22H30N2O3/c1-13(25)17-5-6-19-16-4-3-14-11-15(26)7-9-21(14,2)18(16)8-10-22(17,19)20(27)12-24-23/h11-13,16-19,25H,3-10H2,1-2H3/t13?,16-,17-,18+,19+,21+,22+/m1/s1. The fraction of sp³-hybridized carbons (Fsp3) is 0.773. The van der Waals surface area contributed by atoms with Crippen molar-refractivity contribution >= 4 is 17.8 Å². The summed E-state index contributed by atoms with van der Waals surface area (Å²) in [6.45, 7) is 4.12. The number of nitrogens with zero attached hydrogens (tertiary/aromatic N) is 2. The van der Waals surface area contributed by atoms with E-state index in [1.54, 1.807) is 6.92 Å². The van der Waals surface area contributed by atoms with Crippen LogP contribution in [0.2, 0.25) is 0 Å². The fourth-order valence-electron chi connectivity index (χ4n) is 7.61. The van der Waals surface area contributed by atoms with Crippen molar-refractivity contribution < 1.29 is 19.5 Å². The Morgan fingerprint density at radius 3 is 2.74 bits per heavy atom. The van der Waals surface area contributed by atoms with E-state index in [1.807, 2.05) is 6.08 Å². The molecule has 0 aromatic rings. The Morgan fingerprint density at radius 2 is 2.04 bits per heavy atom. The molecule has 0 heterocycles. The average molecular weight is 370 g/mol. The molecule has 4 rings (SSSR count). The number of aliphatic hydroxyl groups is 1. The van der Waals surface area contributed by atoms with Crippen LogP contribution in [0.25, 0.3) is 5.53 Å². The van der Waals surface area contributed by atoms with Gasteiger partial charge in [0.1, 0.15) is 0 Å². The van der Waals surface area contributed by atoms with Crippen LogP contribution in [0, 0.1) is 34.5 Å². The van der Waals surface area contributed by atoms with Crippen LogP contribution in [0.3, 0.4) is 0 Å². The van der Waals surface area contributed by atoms with Crippen molar-refractivity contribution in [2.75, 3.05) is 0 Å². The molecule has 146 valence electrons. The first kappa shape index (κ1) is 18.8. The average Bonchev–Trinajstić information content (AvgIpc) is 3.03. The maximum Gasteiger partial charge on any atom is 0.323 e. The molecule has 0 spiro atoms. The number of Topliss-reactive ketones (excluding diaryl/α,β-unsaturated/α-hetero) is 1. The minimum Gasteiger partial charge on any atom is -0.393 e. The van der Waals surface area contributed by atoms with Gasteiger partial charge in [0.15, 0.2) is 5.78 Å². The Bertz CT molecular complexity index is 751. The molecular weight excluding hydrogens is 340 g/mol. The van der Waals surface area contributed by atoms with Gasteiger partial charge in [0.2, 0.25) is 5.78 Å². The summed E-state index contributed by atoms with van der Waals surface area (Å²) in [6, 6.07) is 0. The second-order valence-electron chi connectivity index (χ2n) is 9.58. The summed E-state index contributed by atoms with van der Waals surface area (Å²) in [5, 5.41) is 10.4. The van der Waals surface area contributed by atoms with Crippen molar-refractivity contribution in [2.24, 2.45) is 34.5 Å². The summed E-state index contributed by atoms with van der Waals surface area (Å²) in [6.07, 6.45) is 9.44. The van der Waals surface area contributed by atoms with E-state index in [1.165, 1.54) is 5.57 Å². The molecule has 0 aliphatic heterocycles. The number of fused-ring (bicyclic) bond motifs is 5. The Morgan fingerprint density at radius 1 is 1.26 bits per heavy atom. The minimum absolute atomic E-state index is 0.0633. The number of rotatable bonds is 3. The second-order valence-corrected chi connectivity index (χ2v) is 9.58. The summed E-state index contributed by atoms with van der Waals surface area (Å²) in [5.74, 6) is 1.26. The SMILES string of the molecule is CC(O)[C@H]1CC[C@H]2[C@@H]3CCC4=CC(=O)CC[C@]4(C)[C@H]3CC[C@]12C(=O)C=[N+]=[N-]. The third-order valence-corrected chi connectivity index (χ3v) is 8.76. The van der Waals surface area contributed by atoms with Crippen LogP contribution < -0.4 is 0 Å². The van der Waals surface area contributed by atoms with E-state index in [-0.39, 0.29) is 28.8 Å². The normalized spacial score (nSPS) is 44.3. The van der Waals surface area contributed by atoms with Crippen LogP contribution in [-0.2, 0) is 9.59 Å². The predicted molar refractivity (Wildman–Crippen MR) is 101 cm³/mol. The van der Waals surface area contributed by atoms with Gasteiger partial charge >= 0.3 is 6.21 Å². The Labute approximate surface area is 160 Å². The van der Waals surface area contributed by atoms with Gasteiger partial charge in [0.25, 0.3) is 0 Å². The van der Waals surface area contributed by atoms with Gasteiger partial charge in [-0.15, -0.1) is 0 Å². The van der Waals surface area contributed by atoms with Crippen LogP contribution in [0.1, 0.15) is 65.2 Å². The summed E-state index contributed by atoms with van der Waals surface area (Å²) < 4.78 is 0. The fourth-order valence-corrected chi connectivity index (χ4v) is 7.61. The van der Waals surface area contributed by atoms with E-state index in [0.29, 0.717) is 18.3 Å². The van der Waals surface area contributed by atoms with E-state index in [4.69, 9.17) is 5.53 Å². The van der Waals surface area contributed by atoms with Crippen LogP contribution in [0.4, 0.5) is 0 Å². The molecule has 1 N–H and O–H groups in total. The zero-order valence-electron chi connectivity index (χ0n) is 16.4. The van der Waals surface area contributed by atoms with Crippen LogP contribution in [-0.4, -0.2) is 33.8 Å². The highest BCUT2D eigenvalue weighted by Crippen LogP contribution is 2.67. The molecule has 0 radical (unpaired) electrons. The molecule has 4 aliphatic rings. The molecule has 5 nitrogen and oxygen atoms in total. The van der Waals surface area contributed by atoms with Crippen molar-refractivity contribution in [3.8, 4) is 0 Å². The van der Waals surface area contributed by atoms with E-state index in [0.717, 1.165) is 51.2 Å². The molecular formula is C22H30N2O3. The third-order valence-electron chi connectivity index (χ3n) is 8.76. The van der Waals surface area contributed by atoms with Gasteiger partial charge in [0.05, 0.1) is 6.10 Å². The Balaban J connectivity index is 1.74. The lowest BCUT2D eigenvalue weighted by molar-refractivity contribution is -0.144. The number of hydrogen-bond donors (Lipinski definition) is 1. The van der Waals surface area contributed by atoms with Crippen LogP contribution in [0.5, 0.6) is 0 Å². The number of hydrogen-bond acceptors (Lipinski definition) is 3. The van der Waals surface area contributed by atoms with Gasteiger partial charge in [-0.1, -0.05) is 12.5 Å². The first-order valence-corrected chi connectivity index (χ1v) is 10.5. The van der Waals surface area contributed by atoms with E-state index in [9.17, 15) is 14.7 Å². The maximum absolute atomic E-state index is 13.1. The molecule has 5 heteroatoms. The molecule has 27 heavy (non-hydrogen) atoms. The van der Waals surface area contributed by atoms with Gasteiger partial charge in [-0.3, -0.25) is 9.59 Å². The highest BCUT2D eigenvalue weighted by atomic mass is 16.3. The minimum atomic E-state index is -0.594. The number of carbonyl (C=O) groups excluding carboxylic acids is 2. The van der Waals surface area contributed by atoms with Crippen molar-refractivity contribution in [3.05, 3.63) is 17.2 Å². The highest BCUT2D eigenvalue weighted by molar-refractivity contribution is 6.28. The van der Waals surface area contributed by atoms with Crippen LogP contribution in [0.15, 0.2) is 11.6 Å². The number of aliphatic hydroxyl groups excluding tert-OH is 1. The summed E-state index contributed by atoms with van der Waals surface area (Å²) in [7, 11) is 0. The smallest absolute Gasteiger partial charge is 0.323 e. The summed E-state index contributed by atoms with van der Waals surface area (Å²) in [5.41, 5.74) is 9.80. The van der Waals surface area contributed by atoms with Gasteiger partial charge in [-0.2, -0.15) is 4.79 Å². The molecule has 0 saturated heterocycles. The van der Waals surface area contributed by atoms with E-state index in [2.05, 4.69) is 11.7 Å². The van der Waals surface area contributed by atoms with Crippen molar-refractivity contribution in [3.63, 3.8) is 0 Å². The Kier molecular flexibility index (Phi) is 4.51. The lowest BCUT2D eigenvalue weighted by atomic mass is 9.45. The second kappa shape index (κ2) is 6.49. The third kappa shape index (κ3) is 2.55. The lowest BCUT2D eigenvalue weighted by Gasteiger charge is -2.58. The van der Waals surface area contributed by atoms with Crippen molar-refractivity contribution in [1.82, 2.24) is 0 Å². The van der Waals surface area contributed by atoms with Crippen LogP contribution >= 0.6 is 0 Å². The maximum atomic E-state index is 13.1. The van der Waals surface area contributed by atoms with E-state index >= 15 is 0 Å². The monoisotopic (exact) mass is 370 g/mol. The number of allylic oxidation sites excluding steroid dienone is 1. The highest BCUT2D eigenvalue weighted by Gasteiger charge is 2.64. The van der Waals surface area contributed by atoms with Gasteiger partial charge < -0.3 is 10.6 Å². The van der Waals surface area contributed by atoms with Gasteiger partial charge in [-0.05, 0) is 87.0 Å². The molecule has 4 aliphatic carbocycles. The predicted octanol–water partition coefficient (Wildman–Crippen LogP) is 3.37. The van der Waals surface area contributed by atoms with Crippen molar-refractivity contribution in [1.29, 1.82) is 0 Å².